The van der Waals surface area contributed by atoms with E-state index < -0.39 is 17.4 Å². The van der Waals surface area contributed by atoms with Crippen LogP contribution >= 0.6 is 0 Å². The third-order valence-corrected chi connectivity index (χ3v) is 3.05. The van der Waals surface area contributed by atoms with Crippen LogP contribution in [-0.4, -0.2) is 25.1 Å². The number of allylic oxidation sites excluding steroid dienone is 1. The lowest BCUT2D eigenvalue weighted by molar-refractivity contribution is 0.100. The number of Topliss-reactive ketones (excluding diaryl/α,β-unsaturated/α-hetero) is 1. The summed E-state index contributed by atoms with van der Waals surface area (Å²) >= 11 is 0. The molecular formula is C17H15FO4. The van der Waals surface area contributed by atoms with Crippen LogP contribution in [0.5, 0.6) is 17.2 Å². The van der Waals surface area contributed by atoms with Gasteiger partial charge < -0.3 is 14.6 Å². The fraction of sp³-hybridized carbons (Fsp3) is 0.118. The molecule has 0 fully saturated rings. The van der Waals surface area contributed by atoms with Gasteiger partial charge in [-0.05, 0) is 11.6 Å². The molecule has 0 aliphatic carbocycles. The Bertz CT molecular complexity index is 708. The number of phenolic OH excluding ortho intramolecular Hbond substituents is 1. The second-order valence-electron chi connectivity index (χ2n) is 4.46. The van der Waals surface area contributed by atoms with Gasteiger partial charge in [0.25, 0.3) is 0 Å². The third kappa shape index (κ3) is 3.25. The lowest BCUT2D eigenvalue weighted by atomic mass is 10.1. The first-order valence-electron chi connectivity index (χ1n) is 6.48. The largest absolute Gasteiger partial charge is 0.507 e. The van der Waals surface area contributed by atoms with E-state index in [4.69, 9.17) is 9.47 Å². The standard InChI is InChI=1S/C17H15FO4/c1-21-12-9-14(19)16(15(10-12)22-2)17(20)13(18)8-11-6-4-3-5-7-11/h3-10,19H,1-2H3/b13-8-. The molecule has 0 amide bonds. The molecule has 0 aromatic heterocycles. The number of methoxy groups -OCH3 is 2. The van der Waals surface area contributed by atoms with E-state index in [2.05, 4.69) is 0 Å². The van der Waals surface area contributed by atoms with Crippen LogP contribution in [0.1, 0.15) is 15.9 Å². The van der Waals surface area contributed by atoms with Crippen molar-refractivity contribution < 1.29 is 23.8 Å². The number of carbonyl (C=O) groups is 1. The van der Waals surface area contributed by atoms with E-state index in [0.717, 1.165) is 6.08 Å². The van der Waals surface area contributed by atoms with Crippen molar-refractivity contribution in [3.8, 4) is 17.2 Å². The van der Waals surface area contributed by atoms with Gasteiger partial charge in [-0.2, -0.15) is 0 Å². The summed E-state index contributed by atoms with van der Waals surface area (Å²) in [7, 11) is 2.73. The van der Waals surface area contributed by atoms with Crippen molar-refractivity contribution in [1.29, 1.82) is 0 Å². The molecule has 2 aromatic carbocycles. The molecule has 0 saturated heterocycles. The fourth-order valence-electron chi connectivity index (χ4n) is 1.96. The van der Waals surface area contributed by atoms with Gasteiger partial charge in [0.05, 0.1) is 14.2 Å². The van der Waals surface area contributed by atoms with Crippen LogP contribution in [0.25, 0.3) is 6.08 Å². The van der Waals surface area contributed by atoms with Gasteiger partial charge in [0, 0.05) is 12.1 Å². The number of hydrogen-bond donors (Lipinski definition) is 1. The van der Waals surface area contributed by atoms with Crippen LogP contribution in [0.15, 0.2) is 48.3 Å². The second kappa shape index (κ2) is 6.76. The summed E-state index contributed by atoms with van der Waals surface area (Å²) in [6, 6.07) is 11.2. The third-order valence-electron chi connectivity index (χ3n) is 3.05. The van der Waals surface area contributed by atoms with Crippen molar-refractivity contribution in [2.75, 3.05) is 14.2 Å². The highest BCUT2D eigenvalue weighted by Crippen LogP contribution is 2.35. The predicted octanol–water partition coefficient (Wildman–Crippen LogP) is 3.60. The Hall–Kier alpha value is -2.82. The number of halogens is 1. The number of ether oxygens (including phenoxy) is 2. The van der Waals surface area contributed by atoms with Crippen LogP contribution < -0.4 is 9.47 Å². The van der Waals surface area contributed by atoms with Gasteiger partial charge in [-0.15, -0.1) is 0 Å². The average molecular weight is 302 g/mol. The maximum atomic E-state index is 14.2. The molecule has 0 aliphatic rings. The zero-order chi connectivity index (χ0) is 16.1. The Balaban J connectivity index is 2.43. The number of carbonyl (C=O) groups excluding carboxylic acids is 1. The Morgan fingerprint density at radius 2 is 1.82 bits per heavy atom. The van der Waals surface area contributed by atoms with Crippen LogP contribution in [-0.2, 0) is 0 Å². The van der Waals surface area contributed by atoms with Gasteiger partial charge in [-0.25, -0.2) is 4.39 Å². The Morgan fingerprint density at radius 1 is 1.14 bits per heavy atom. The van der Waals surface area contributed by atoms with Crippen molar-refractivity contribution in [3.63, 3.8) is 0 Å². The Morgan fingerprint density at radius 3 is 2.41 bits per heavy atom. The Labute approximate surface area is 127 Å². The Kier molecular flexibility index (Phi) is 4.78. The molecule has 114 valence electrons. The van der Waals surface area contributed by atoms with E-state index in [9.17, 15) is 14.3 Å². The maximum absolute atomic E-state index is 14.2. The van der Waals surface area contributed by atoms with Gasteiger partial charge in [-0.3, -0.25) is 4.79 Å². The smallest absolute Gasteiger partial charge is 0.228 e. The van der Waals surface area contributed by atoms with E-state index >= 15 is 0 Å². The summed E-state index contributed by atoms with van der Waals surface area (Å²) in [5.41, 5.74) is 0.299. The van der Waals surface area contributed by atoms with Crippen molar-refractivity contribution in [3.05, 3.63) is 59.4 Å². The molecule has 0 saturated carbocycles. The molecule has 5 heteroatoms. The van der Waals surface area contributed by atoms with E-state index in [1.165, 1.54) is 26.4 Å². The SMILES string of the molecule is COc1cc(O)c(C(=O)/C(F)=C/c2ccccc2)c(OC)c1. The molecule has 22 heavy (non-hydrogen) atoms. The summed E-state index contributed by atoms with van der Waals surface area (Å²) in [5, 5.41) is 9.95. The van der Waals surface area contributed by atoms with Crippen LogP contribution in [0.4, 0.5) is 4.39 Å². The highest BCUT2D eigenvalue weighted by molar-refractivity contribution is 6.13. The normalized spacial score (nSPS) is 11.1. The molecule has 0 radical (unpaired) electrons. The van der Waals surface area contributed by atoms with E-state index in [-0.39, 0.29) is 11.3 Å². The summed E-state index contributed by atoms with van der Waals surface area (Å²) in [5.74, 6) is -2.01. The lowest BCUT2D eigenvalue weighted by Gasteiger charge is -2.11. The highest BCUT2D eigenvalue weighted by Gasteiger charge is 2.22. The number of benzene rings is 2. The fourth-order valence-corrected chi connectivity index (χ4v) is 1.96. The molecule has 0 atom stereocenters. The zero-order valence-corrected chi connectivity index (χ0v) is 12.2. The van der Waals surface area contributed by atoms with E-state index in [1.54, 1.807) is 30.3 Å². The molecule has 0 unspecified atom stereocenters. The van der Waals surface area contributed by atoms with Crippen molar-refractivity contribution >= 4 is 11.9 Å². The quantitative estimate of drug-likeness (QED) is 0.677. The van der Waals surface area contributed by atoms with Crippen LogP contribution in [0.3, 0.4) is 0 Å². The monoisotopic (exact) mass is 302 g/mol. The first-order chi connectivity index (χ1) is 10.6. The van der Waals surface area contributed by atoms with Crippen LogP contribution in [0, 0.1) is 0 Å². The molecule has 0 spiro atoms. The molecule has 0 aliphatic heterocycles. The van der Waals surface area contributed by atoms with E-state index in [1.807, 2.05) is 0 Å². The van der Waals surface area contributed by atoms with Gasteiger partial charge >= 0.3 is 0 Å². The summed E-state index contributed by atoms with van der Waals surface area (Å²) in [6.07, 6.45) is 1.10. The summed E-state index contributed by atoms with van der Waals surface area (Å²) in [6.45, 7) is 0. The molecule has 2 rings (SSSR count). The minimum atomic E-state index is -0.995. The second-order valence-corrected chi connectivity index (χ2v) is 4.46. The molecule has 1 N–H and O–H groups in total. The minimum absolute atomic E-state index is 0.0402. The topological polar surface area (TPSA) is 55.8 Å². The predicted molar refractivity (Wildman–Crippen MR) is 81.1 cm³/mol. The summed E-state index contributed by atoms with van der Waals surface area (Å²) in [4.78, 5) is 12.2. The van der Waals surface area contributed by atoms with Crippen molar-refractivity contribution in [2.24, 2.45) is 0 Å². The first-order valence-corrected chi connectivity index (χ1v) is 6.48. The summed E-state index contributed by atoms with van der Waals surface area (Å²) < 4.78 is 24.2. The highest BCUT2D eigenvalue weighted by atomic mass is 19.1. The zero-order valence-electron chi connectivity index (χ0n) is 12.2. The first kappa shape index (κ1) is 15.6. The van der Waals surface area contributed by atoms with Gasteiger partial charge in [0.1, 0.15) is 22.8 Å². The molecule has 0 bridgehead atoms. The molecule has 2 aromatic rings. The molecule has 0 heterocycles. The van der Waals surface area contributed by atoms with Crippen molar-refractivity contribution in [1.82, 2.24) is 0 Å². The lowest BCUT2D eigenvalue weighted by Crippen LogP contribution is -2.04. The molecular weight excluding hydrogens is 287 g/mol. The van der Waals surface area contributed by atoms with Gasteiger partial charge in [0.2, 0.25) is 5.78 Å². The average Bonchev–Trinajstić information content (AvgIpc) is 2.54. The van der Waals surface area contributed by atoms with E-state index in [0.29, 0.717) is 11.3 Å². The van der Waals surface area contributed by atoms with Gasteiger partial charge in [0.15, 0.2) is 5.83 Å². The maximum Gasteiger partial charge on any atom is 0.228 e. The van der Waals surface area contributed by atoms with Crippen molar-refractivity contribution in [2.45, 2.75) is 0 Å². The van der Waals surface area contributed by atoms with Gasteiger partial charge in [-0.1, -0.05) is 30.3 Å². The number of hydrogen-bond acceptors (Lipinski definition) is 4. The van der Waals surface area contributed by atoms with Crippen LogP contribution in [0.2, 0.25) is 0 Å². The number of rotatable bonds is 5. The number of aromatic hydroxyl groups is 1. The molecule has 4 nitrogen and oxygen atoms in total. The minimum Gasteiger partial charge on any atom is -0.507 e. The number of ketones is 1. The number of phenols is 1.